The van der Waals surface area contributed by atoms with Gasteiger partial charge in [-0.2, -0.15) is 0 Å². The van der Waals surface area contributed by atoms with Crippen LogP contribution in [-0.4, -0.2) is 32.2 Å². The van der Waals surface area contributed by atoms with E-state index in [-0.39, 0.29) is 22.7 Å². The van der Waals surface area contributed by atoms with Crippen LogP contribution in [0.5, 0.6) is 0 Å². The van der Waals surface area contributed by atoms with Crippen molar-refractivity contribution in [3.8, 4) is 11.3 Å². The summed E-state index contributed by atoms with van der Waals surface area (Å²) in [7, 11) is 0. The fourth-order valence-corrected chi connectivity index (χ4v) is 3.82. The summed E-state index contributed by atoms with van der Waals surface area (Å²) in [4.78, 5) is 39.6. The number of carbonyl (C=O) groups is 2. The lowest BCUT2D eigenvalue weighted by Crippen LogP contribution is -2.24. The third kappa shape index (κ3) is 5.42. The highest BCUT2D eigenvalue weighted by atomic mass is 32.2. The van der Waals surface area contributed by atoms with E-state index in [2.05, 4.69) is 25.8 Å². The van der Waals surface area contributed by atoms with Crippen molar-refractivity contribution in [1.82, 2.24) is 15.2 Å². The van der Waals surface area contributed by atoms with Crippen molar-refractivity contribution in [3.05, 3.63) is 63.4 Å². The molecule has 0 aliphatic rings. The molecule has 8 nitrogen and oxygen atoms in total. The summed E-state index contributed by atoms with van der Waals surface area (Å²) >= 11 is 1.11. The predicted molar refractivity (Wildman–Crippen MR) is 127 cm³/mol. The number of nitrogens with zero attached hydrogens (tertiary/aromatic N) is 2. The maximum atomic E-state index is 12.7. The van der Waals surface area contributed by atoms with E-state index in [1.165, 1.54) is 6.92 Å². The third-order valence-corrected chi connectivity index (χ3v) is 5.79. The average Bonchev–Trinajstić information content (AvgIpc) is 2.72. The second-order valence-corrected chi connectivity index (χ2v) is 8.88. The summed E-state index contributed by atoms with van der Waals surface area (Å²) < 4.78 is 0. The second kappa shape index (κ2) is 9.78. The fraction of sp³-hybridized carbons (Fsp3) is 0.261. The number of nitrogens with one attached hydrogen (secondary N) is 3. The van der Waals surface area contributed by atoms with E-state index in [1.54, 1.807) is 19.1 Å². The van der Waals surface area contributed by atoms with Crippen LogP contribution >= 0.6 is 11.8 Å². The van der Waals surface area contributed by atoms with Gasteiger partial charge in [0, 0.05) is 18.2 Å². The van der Waals surface area contributed by atoms with Crippen molar-refractivity contribution in [3.63, 3.8) is 0 Å². The number of aromatic nitrogens is 3. The summed E-state index contributed by atoms with van der Waals surface area (Å²) in [5, 5.41) is 13.5. The van der Waals surface area contributed by atoms with Crippen LogP contribution in [0.2, 0.25) is 0 Å². The highest BCUT2D eigenvalue weighted by Gasteiger charge is 2.19. The smallest absolute Gasteiger partial charge is 0.278 e. The van der Waals surface area contributed by atoms with Crippen molar-refractivity contribution in [1.29, 1.82) is 0 Å². The first kappa shape index (κ1) is 23.2. The number of hydrogen-bond donors (Lipinski definition) is 3. The van der Waals surface area contributed by atoms with Gasteiger partial charge in [-0.1, -0.05) is 42.1 Å². The molecule has 1 aromatic heterocycles. The van der Waals surface area contributed by atoms with Crippen molar-refractivity contribution in [2.45, 2.75) is 45.0 Å². The molecule has 3 rings (SSSR count). The fourth-order valence-electron chi connectivity index (χ4n) is 3.08. The molecule has 1 heterocycles. The van der Waals surface area contributed by atoms with Gasteiger partial charge in [0.2, 0.25) is 11.8 Å². The molecule has 0 saturated carbocycles. The van der Waals surface area contributed by atoms with E-state index < -0.39 is 10.8 Å². The Morgan fingerprint density at radius 1 is 1.03 bits per heavy atom. The van der Waals surface area contributed by atoms with Gasteiger partial charge < -0.3 is 10.6 Å². The molecule has 166 valence electrons. The van der Waals surface area contributed by atoms with Crippen LogP contribution in [0, 0.1) is 20.8 Å². The third-order valence-electron chi connectivity index (χ3n) is 4.81. The number of benzene rings is 2. The van der Waals surface area contributed by atoms with E-state index in [1.807, 2.05) is 45.0 Å². The van der Waals surface area contributed by atoms with Crippen molar-refractivity contribution in [2.75, 3.05) is 10.6 Å². The molecule has 0 saturated heterocycles. The van der Waals surface area contributed by atoms with Gasteiger partial charge in [0.1, 0.15) is 0 Å². The number of amides is 2. The van der Waals surface area contributed by atoms with Crippen molar-refractivity contribution >= 4 is 35.0 Å². The van der Waals surface area contributed by atoms with Crippen molar-refractivity contribution in [2.24, 2.45) is 0 Å². The monoisotopic (exact) mass is 451 g/mol. The lowest BCUT2D eigenvalue weighted by atomic mass is 10.1. The summed E-state index contributed by atoms with van der Waals surface area (Å²) in [5.41, 5.74) is 4.19. The number of para-hydroxylation sites is 1. The SMILES string of the molecule is CC(=O)Nc1c(C)cccc1-c1nnc(S[C@@H](C)C(=O)Nc2cc(C)ccc2C)[nH]c1=O. The molecule has 0 bridgehead atoms. The van der Waals surface area contributed by atoms with Crippen LogP contribution in [0.3, 0.4) is 0 Å². The van der Waals surface area contributed by atoms with Crippen LogP contribution in [0.15, 0.2) is 46.3 Å². The van der Waals surface area contributed by atoms with Gasteiger partial charge in [-0.3, -0.25) is 19.4 Å². The van der Waals surface area contributed by atoms with Gasteiger partial charge in [-0.25, -0.2) is 0 Å². The molecule has 1 atom stereocenters. The van der Waals surface area contributed by atoms with Gasteiger partial charge >= 0.3 is 0 Å². The minimum absolute atomic E-state index is 0.0919. The van der Waals surface area contributed by atoms with Crippen LogP contribution in [-0.2, 0) is 9.59 Å². The first-order valence-electron chi connectivity index (χ1n) is 10.0. The quantitative estimate of drug-likeness (QED) is 0.490. The van der Waals surface area contributed by atoms with Gasteiger partial charge in [0.05, 0.1) is 10.9 Å². The number of anilines is 2. The Kier molecular flexibility index (Phi) is 7.09. The number of hydrogen-bond acceptors (Lipinski definition) is 6. The van der Waals surface area contributed by atoms with Gasteiger partial charge in [-0.15, -0.1) is 10.2 Å². The van der Waals surface area contributed by atoms with Crippen LogP contribution < -0.4 is 16.2 Å². The Hall–Kier alpha value is -3.46. The Morgan fingerprint density at radius 2 is 1.78 bits per heavy atom. The Bertz CT molecular complexity index is 1240. The van der Waals surface area contributed by atoms with Crippen LogP contribution in [0.4, 0.5) is 11.4 Å². The molecule has 0 spiro atoms. The molecular formula is C23H25N5O3S. The zero-order valence-electron chi connectivity index (χ0n) is 18.6. The molecule has 2 amide bonds. The normalized spacial score (nSPS) is 11.7. The van der Waals surface area contributed by atoms with E-state index >= 15 is 0 Å². The van der Waals surface area contributed by atoms with E-state index in [9.17, 15) is 14.4 Å². The number of carbonyl (C=O) groups excluding carboxylic acids is 2. The van der Waals surface area contributed by atoms with E-state index in [0.29, 0.717) is 11.3 Å². The number of H-pyrrole nitrogens is 1. The molecule has 0 aliphatic heterocycles. The first-order chi connectivity index (χ1) is 15.2. The predicted octanol–water partition coefficient (Wildman–Crippen LogP) is 3.83. The summed E-state index contributed by atoms with van der Waals surface area (Å²) in [6, 6.07) is 11.2. The van der Waals surface area contributed by atoms with Gasteiger partial charge in [0.25, 0.3) is 5.56 Å². The Labute approximate surface area is 190 Å². The zero-order valence-corrected chi connectivity index (χ0v) is 19.4. The molecule has 3 N–H and O–H groups in total. The molecule has 9 heteroatoms. The maximum absolute atomic E-state index is 12.7. The standard InChI is InChI=1S/C23H25N5O3S/c1-12-9-10-13(2)18(11-12)25-21(30)15(4)32-23-26-22(31)20(27-28-23)17-8-6-7-14(3)19(17)24-16(5)29/h6-11,15H,1-5H3,(H,24,29)(H,25,30)(H,26,28,31)/t15-/m0/s1. The van der Waals surface area contributed by atoms with Gasteiger partial charge in [0.15, 0.2) is 10.9 Å². The molecular weight excluding hydrogens is 426 g/mol. The molecule has 0 aliphatic carbocycles. The number of thioether (sulfide) groups is 1. The lowest BCUT2D eigenvalue weighted by molar-refractivity contribution is -0.115. The summed E-state index contributed by atoms with van der Waals surface area (Å²) in [6.45, 7) is 8.84. The molecule has 32 heavy (non-hydrogen) atoms. The minimum atomic E-state index is -0.514. The molecule has 0 radical (unpaired) electrons. The molecule has 0 fully saturated rings. The number of aromatic amines is 1. The second-order valence-electron chi connectivity index (χ2n) is 7.55. The largest absolute Gasteiger partial charge is 0.325 e. The molecule has 2 aromatic carbocycles. The van der Waals surface area contributed by atoms with E-state index in [0.717, 1.165) is 34.1 Å². The summed E-state index contributed by atoms with van der Waals surface area (Å²) in [6.07, 6.45) is 0. The first-order valence-corrected chi connectivity index (χ1v) is 10.9. The number of aryl methyl sites for hydroxylation is 3. The Morgan fingerprint density at radius 3 is 2.47 bits per heavy atom. The highest BCUT2D eigenvalue weighted by molar-refractivity contribution is 8.00. The lowest BCUT2D eigenvalue weighted by Gasteiger charge is -2.14. The maximum Gasteiger partial charge on any atom is 0.278 e. The molecule has 0 unspecified atom stereocenters. The number of rotatable bonds is 6. The van der Waals surface area contributed by atoms with Crippen LogP contribution in [0.1, 0.15) is 30.5 Å². The minimum Gasteiger partial charge on any atom is -0.325 e. The zero-order chi connectivity index (χ0) is 23.4. The highest BCUT2D eigenvalue weighted by Crippen LogP contribution is 2.28. The van der Waals surface area contributed by atoms with E-state index in [4.69, 9.17) is 0 Å². The topological polar surface area (TPSA) is 117 Å². The average molecular weight is 452 g/mol. The Balaban J connectivity index is 1.79. The van der Waals surface area contributed by atoms with Crippen LogP contribution in [0.25, 0.3) is 11.3 Å². The summed E-state index contributed by atoms with van der Waals surface area (Å²) in [5.74, 6) is -0.456. The van der Waals surface area contributed by atoms with Gasteiger partial charge in [-0.05, 0) is 50.5 Å². The van der Waals surface area contributed by atoms with Crippen molar-refractivity contribution < 1.29 is 9.59 Å². The molecule has 3 aromatic rings.